The molecule has 3 aromatic rings. The number of pyridine rings is 1. The van der Waals surface area contributed by atoms with Crippen LogP contribution in [0.4, 0.5) is 0 Å². The van der Waals surface area contributed by atoms with Gasteiger partial charge in [0.1, 0.15) is 17.8 Å². The molecule has 0 aliphatic rings. The van der Waals surface area contributed by atoms with E-state index in [0.29, 0.717) is 0 Å². The molecule has 0 saturated heterocycles. The molecule has 19 heavy (non-hydrogen) atoms. The molecular formula is C15H17N3O. The predicted molar refractivity (Wildman–Crippen MR) is 73.9 cm³/mol. The van der Waals surface area contributed by atoms with Crippen LogP contribution in [0.25, 0.3) is 16.8 Å². The molecule has 0 aliphatic heterocycles. The smallest absolute Gasteiger partial charge is 0.133 e. The van der Waals surface area contributed by atoms with Gasteiger partial charge in [-0.1, -0.05) is 31.0 Å². The highest BCUT2D eigenvalue weighted by Gasteiger charge is 2.13. The zero-order valence-electron chi connectivity index (χ0n) is 11.0. The first-order valence-electron chi connectivity index (χ1n) is 6.76. The zero-order chi connectivity index (χ0) is 13.1. The first-order chi connectivity index (χ1) is 9.40. The fourth-order valence-corrected chi connectivity index (χ4v) is 2.35. The van der Waals surface area contributed by atoms with E-state index in [4.69, 9.17) is 9.51 Å². The monoisotopic (exact) mass is 255 g/mol. The van der Waals surface area contributed by atoms with Crippen molar-refractivity contribution in [3.8, 4) is 11.3 Å². The summed E-state index contributed by atoms with van der Waals surface area (Å²) in [5.41, 5.74) is 3.00. The van der Waals surface area contributed by atoms with Crippen molar-refractivity contribution in [1.29, 1.82) is 0 Å². The zero-order valence-corrected chi connectivity index (χ0v) is 11.0. The van der Waals surface area contributed by atoms with Gasteiger partial charge >= 0.3 is 0 Å². The van der Waals surface area contributed by atoms with Gasteiger partial charge in [0.05, 0.1) is 17.3 Å². The molecule has 0 unspecified atom stereocenters. The summed E-state index contributed by atoms with van der Waals surface area (Å²) in [6.07, 6.45) is 10.1. The summed E-state index contributed by atoms with van der Waals surface area (Å²) in [6, 6.07) is 6.15. The van der Waals surface area contributed by atoms with Crippen molar-refractivity contribution in [3.05, 3.63) is 42.7 Å². The van der Waals surface area contributed by atoms with E-state index in [1.807, 2.05) is 12.1 Å². The Labute approximate surface area is 112 Å². The van der Waals surface area contributed by atoms with Gasteiger partial charge in [-0.15, -0.1) is 0 Å². The number of fused-ring (bicyclic) bond motifs is 1. The lowest BCUT2D eigenvalue weighted by Gasteiger charge is -1.99. The van der Waals surface area contributed by atoms with Crippen LogP contribution in [0.5, 0.6) is 0 Å². The van der Waals surface area contributed by atoms with Crippen LogP contribution >= 0.6 is 0 Å². The summed E-state index contributed by atoms with van der Waals surface area (Å²) in [5.74, 6) is 1.11. The average molecular weight is 255 g/mol. The summed E-state index contributed by atoms with van der Waals surface area (Å²) in [6.45, 7) is 2.21. The number of imidazole rings is 1. The number of hydrogen-bond donors (Lipinski definition) is 0. The third-order valence-corrected chi connectivity index (χ3v) is 3.33. The lowest BCUT2D eigenvalue weighted by atomic mass is 10.2. The van der Waals surface area contributed by atoms with Crippen LogP contribution in [-0.4, -0.2) is 14.5 Å². The Balaban J connectivity index is 2.03. The number of rotatable bonds is 5. The molecule has 0 aromatic carbocycles. The van der Waals surface area contributed by atoms with Crippen molar-refractivity contribution in [2.75, 3.05) is 0 Å². The van der Waals surface area contributed by atoms with Crippen LogP contribution in [0.1, 0.15) is 32.0 Å². The molecule has 4 nitrogen and oxygen atoms in total. The molecule has 98 valence electrons. The molecular weight excluding hydrogens is 238 g/mol. The molecule has 3 rings (SSSR count). The molecule has 0 spiro atoms. The van der Waals surface area contributed by atoms with Gasteiger partial charge in [-0.3, -0.25) is 0 Å². The van der Waals surface area contributed by atoms with Crippen molar-refractivity contribution in [3.63, 3.8) is 0 Å². The van der Waals surface area contributed by atoms with E-state index in [1.54, 1.807) is 12.5 Å². The predicted octanol–water partition coefficient (Wildman–Crippen LogP) is 3.72. The maximum absolute atomic E-state index is 4.93. The Kier molecular flexibility index (Phi) is 3.31. The number of unbranched alkanes of at least 4 members (excludes halogenated alkanes) is 2. The van der Waals surface area contributed by atoms with Crippen molar-refractivity contribution >= 4 is 5.52 Å². The van der Waals surface area contributed by atoms with E-state index in [2.05, 4.69) is 28.7 Å². The van der Waals surface area contributed by atoms with Gasteiger partial charge in [-0.05, 0) is 18.6 Å². The second-order valence-electron chi connectivity index (χ2n) is 4.70. The van der Waals surface area contributed by atoms with E-state index in [-0.39, 0.29) is 0 Å². The topological polar surface area (TPSA) is 43.3 Å². The Morgan fingerprint density at radius 3 is 3.00 bits per heavy atom. The third kappa shape index (κ3) is 2.26. The lowest BCUT2D eigenvalue weighted by Crippen LogP contribution is -1.94. The quantitative estimate of drug-likeness (QED) is 0.652. The molecule has 3 heterocycles. The summed E-state index contributed by atoms with van der Waals surface area (Å²) < 4.78 is 7.09. The standard InChI is InChI=1S/C15H17N3O/c1-2-3-4-8-14-17-15(12-10-16-19-11-12)13-7-5-6-9-18(13)14/h5-7,9-11H,2-4,8H2,1H3. The van der Waals surface area contributed by atoms with Gasteiger partial charge in [0.15, 0.2) is 0 Å². The highest BCUT2D eigenvalue weighted by molar-refractivity contribution is 5.76. The molecule has 0 saturated carbocycles. The summed E-state index contributed by atoms with van der Waals surface area (Å²) in [5, 5.41) is 3.77. The Morgan fingerprint density at radius 1 is 1.26 bits per heavy atom. The van der Waals surface area contributed by atoms with Crippen LogP contribution in [0, 0.1) is 0 Å². The highest BCUT2D eigenvalue weighted by Crippen LogP contribution is 2.25. The average Bonchev–Trinajstić information content (AvgIpc) is 3.07. The van der Waals surface area contributed by atoms with Crippen LogP contribution in [0.3, 0.4) is 0 Å². The summed E-state index contributed by atoms with van der Waals surface area (Å²) >= 11 is 0. The van der Waals surface area contributed by atoms with E-state index < -0.39 is 0 Å². The second kappa shape index (κ2) is 5.26. The second-order valence-corrected chi connectivity index (χ2v) is 4.70. The fourth-order valence-electron chi connectivity index (χ4n) is 2.35. The molecule has 0 aliphatic carbocycles. The molecule has 0 bridgehead atoms. The van der Waals surface area contributed by atoms with E-state index in [1.165, 1.54) is 19.3 Å². The fraction of sp³-hybridized carbons (Fsp3) is 0.333. The minimum absolute atomic E-state index is 0.936. The van der Waals surface area contributed by atoms with Gasteiger partial charge in [-0.25, -0.2) is 4.98 Å². The van der Waals surface area contributed by atoms with Gasteiger partial charge < -0.3 is 8.92 Å². The molecule has 0 N–H and O–H groups in total. The van der Waals surface area contributed by atoms with Crippen LogP contribution < -0.4 is 0 Å². The van der Waals surface area contributed by atoms with Crippen molar-refractivity contribution in [2.24, 2.45) is 0 Å². The summed E-state index contributed by atoms with van der Waals surface area (Å²) in [7, 11) is 0. The Morgan fingerprint density at radius 2 is 2.21 bits per heavy atom. The maximum Gasteiger partial charge on any atom is 0.133 e. The first-order valence-corrected chi connectivity index (χ1v) is 6.76. The van der Waals surface area contributed by atoms with Crippen molar-refractivity contribution in [2.45, 2.75) is 32.6 Å². The minimum Gasteiger partial charge on any atom is -0.364 e. The SMILES string of the molecule is CCCCCc1nc(-c2cnoc2)c2ccccn12. The van der Waals surface area contributed by atoms with E-state index in [0.717, 1.165) is 29.0 Å². The van der Waals surface area contributed by atoms with Gasteiger partial charge in [0.2, 0.25) is 0 Å². The van der Waals surface area contributed by atoms with E-state index in [9.17, 15) is 0 Å². The molecule has 3 aromatic heterocycles. The van der Waals surface area contributed by atoms with Crippen molar-refractivity contribution < 1.29 is 4.52 Å². The summed E-state index contributed by atoms with van der Waals surface area (Å²) in [4.78, 5) is 4.77. The largest absolute Gasteiger partial charge is 0.364 e. The lowest BCUT2D eigenvalue weighted by molar-refractivity contribution is 0.420. The molecule has 0 atom stereocenters. The molecule has 4 heteroatoms. The van der Waals surface area contributed by atoms with Crippen LogP contribution in [0.15, 0.2) is 41.4 Å². The van der Waals surface area contributed by atoms with Gasteiger partial charge in [0.25, 0.3) is 0 Å². The van der Waals surface area contributed by atoms with Gasteiger partial charge in [0, 0.05) is 12.6 Å². The molecule has 0 radical (unpaired) electrons. The maximum atomic E-state index is 4.93. The number of nitrogens with zero attached hydrogens (tertiary/aromatic N) is 3. The minimum atomic E-state index is 0.936. The Hall–Kier alpha value is -2.10. The third-order valence-electron chi connectivity index (χ3n) is 3.33. The highest BCUT2D eigenvalue weighted by atomic mass is 16.5. The number of hydrogen-bond acceptors (Lipinski definition) is 3. The first kappa shape index (κ1) is 12.0. The number of aryl methyl sites for hydroxylation is 1. The van der Waals surface area contributed by atoms with Gasteiger partial charge in [-0.2, -0.15) is 0 Å². The van der Waals surface area contributed by atoms with Crippen LogP contribution in [0.2, 0.25) is 0 Å². The molecule has 0 amide bonds. The van der Waals surface area contributed by atoms with Crippen molar-refractivity contribution in [1.82, 2.24) is 14.5 Å². The Bertz CT molecular complexity index is 655. The van der Waals surface area contributed by atoms with E-state index >= 15 is 0 Å². The van der Waals surface area contributed by atoms with Crippen LogP contribution in [-0.2, 0) is 6.42 Å². The number of aromatic nitrogens is 3. The molecule has 0 fully saturated rings. The normalized spacial score (nSPS) is 11.2.